The average Bonchev–Trinajstić information content (AvgIpc) is 2.05. The highest BCUT2D eigenvalue weighted by atomic mass is 35.5. The minimum Gasteiger partial charge on any atom is -0.270 e. The van der Waals surface area contributed by atoms with Crippen LogP contribution in [0.5, 0.6) is 0 Å². The van der Waals surface area contributed by atoms with E-state index in [1.54, 1.807) is 0 Å². The van der Waals surface area contributed by atoms with Crippen molar-refractivity contribution in [3.63, 3.8) is 0 Å². The van der Waals surface area contributed by atoms with Crippen molar-refractivity contribution in [3.05, 3.63) is 16.4 Å². The lowest BCUT2D eigenvalue weighted by Gasteiger charge is -2.19. The van der Waals surface area contributed by atoms with Gasteiger partial charge < -0.3 is 0 Å². The largest absolute Gasteiger partial charge is 0.270 e. The maximum atomic E-state index is 6.12. The zero-order valence-electron chi connectivity index (χ0n) is 8.27. The molecule has 2 nitrogen and oxygen atoms in total. The molecule has 0 atom stereocenters. The van der Waals surface area contributed by atoms with E-state index in [4.69, 9.17) is 11.6 Å². The Morgan fingerprint density at radius 2 is 1.83 bits per heavy atom. The van der Waals surface area contributed by atoms with Crippen molar-refractivity contribution in [1.82, 2.24) is 9.78 Å². The molecule has 1 aromatic rings. The van der Waals surface area contributed by atoms with Crippen molar-refractivity contribution in [2.75, 3.05) is 0 Å². The third kappa shape index (κ3) is 1.48. The first kappa shape index (κ1) is 9.59. The predicted molar refractivity (Wildman–Crippen MR) is 51.7 cm³/mol. The highest BCUT2D eigenvalue weighted by molar-refractivity contribution is 6.32. The van der Waals surface area contributed by atoms with Gasteiger partial charge in [0.05, 0.1) is 16.4 Å². The molecule has 0 amide bonds. The summed E-state index contributed by atoms with van der Waals surface area (Å²) in [6, 6.07) is 0. The Hall–Kier alpha value is -0.500. The number of hydrogen-bond acceptors (Lipinski definition) is 1. The van der Waals surface area contributed by atoms with Crippen LogP contribution in [0.15, 0.2) is 0 Å². The van der Waals surface area contributed by atoms with Gasteiger partial charge in [0.15, 0.2) is 0 Å². The van der Waals surface area contributed by atoms with Crippen LogP contribution in [0.2, 0.25) is 5.02 Å². The molecule has 0 aliphatic rings. The summed E-state index contributed by atoms with van der Waals surface area (Å²) in [5, 5.41) is 5.06. The number of hydrogen-bond donors (Lipinski definition) is 0. The summed E-state index contributed by atoms with van der Waals surface area (Å²) in [6.07, 6.45) is 0. The fourth-order valence-corrected chi connectivity index (χ4v) is 1.89. The summed E-state index contributed by atoms with van der Waals surface area (Å²) in [5.74, 6) is 0. The normalized spacial score (nSPS) is 12.2. The minimum absolute atomic E-state index is 0.0626. The lowest BCUT2D eigenvalue weighted by atomic mass is 9.92. The molecule has 0 spiro atoms. The quantitative estimate of drug-likeness (QED) is 0.609. The number of aromatic nitrogens is 2. The van der Waals surface area contributed by atoms with Gasteiger partial charge >= 0.3 is 0 Å². The van der Waals surface area contributed by atoms with Gasteiger partial charge in [-0.1, -0.05) is 32.4 Å². The molecule has 0 aromatic carbocycles. The molecule has 0 aliphatic heterocycles. The van der Waals surface area contributed by atoms with E-state index in [0.717, 1.165) is 16.4 Å². The third-order valence-electron chi connectivity index (χ3n) is 1.86. The minimum atomic E-state index is 0.0626. The lowest BCUT2D eigenvalue weighted by Crippen LogP contribution is -2.16. The second-order valence-corrected chi connectivity index (χ2v) is 4.50. The molecule has 1 aromatic heterocycles. The lowest BCUT2D eigenvalue weighted by molar-refractivity contribution is 0.523. The summed E-state index contributed by atoms with van der Waals surface area (Å²) in [5.41, 5.74) is 2.07. The van der Waals surface area contributed by atoms with E-state index in [9.17, 15) is 0 Å². The van der Waals surface area contributed by atoms with Crippen LogP contribution in [0.25, 0.3) is 0 Å². The monoisotopic (exact) mass is 186 g/mol. The van der Waals surface area contributed by atoms with Gasteiger partial charge in [-0.05, 0) is 6.92 Å². The molecular formula is C9H15ClN2. The van der Waals surface area contributed by atoms with Gasteiger partial charge in [0.2, 0.25) is 0 Å². The molecule has 0 bridgehead atoms. The molecule has 1 heterocycles. The van der Waals surface area contributed by atoms with Crippen LogP contribution >= 0.6 is 11.6 Å². The van der Waals surface area contributed by atoms with Gasteiger partial charge in [-0.15, -0.1) is 0 Å². The van der Waals surface area contributed by atoms with E-state index < -0.39 is 0 Å². The molecule has 0 saturated heterocycles. The summed E-state index contributed by atoms with van der Waals surface area (Å²) in [6.45, 7) is 8.33. The van der Waals surface area contributed by atoms with E-state index in [-0.39, 0.29) is 5.41 Å². The first-order valence-corrected chi connectivity index (χ1v) is 4.41. The van der Waals surface area contributed by atoms with Crippen LogP contribution in [0.1, 0.15) is 32.2 Å². The summed E-state index contributed by atoms with van der Waals surface area (Å²) in [7, 11) is 1.93. The number of nitrogens with zero attached hydrogens (tertiary/aromatic N) is 2. The zero-order valence-corrected chi connectivity index (χ0v) is 9.03. The van der Waals surface area contributed by atoms with Crippen molar-refractivity contribution in [1.29, 1.82) is 0 Å². The molecule has 0 N–H and O–H groups in total. The summed E-state index contributed by atoms with van der Waals surface area (Å²) >= 11 is 6.12. The van der Waals surface area contributed by atoms with E-state index >= 15 is 0 Å². The second-order valence-electron chi connectivity index (χ2n) is 4.12. The topological polar surface area (TPSA) is 17.8 Å². The fraction of sp³-hybridized carbons (Fsp3) is 0.667. The smallest absolute Gasteiger partial charge is 0.0852 e. The molecule has 1 rings (SSSR count). The van der Waals surface area contributed by atoms with E-state index in [2.05, 4.69) is 25.9 Å². The first-order chi connectivity index (χ1) is 5.34. The van der Waals surface area contributed by atoms with E-state index in [0.29, 0.717) is 0 Å². The zero-order chi connectivity index (χ0) is 9.52. The molecule has 12 heavy (non-hydrogen) atoms. The van der Waals surface area contributed by atoms with Crippen LogP contribution in [-0.4, -0.2) is 9.78 Å². The van der Waals surface area contributed by atoms with Crippen LogP contribution in [0.4, 0.5) is 0 Å². The van der Waals surface area contributed by atoms with Crippen molar-refractivity contribution >= 4 is 11.6 Å². The molecule has 0 unspecified atom stereocenters. The highest BCUT2D eigenvalue weighted by Gasteiger charge is 2.23. The Morgan fingerprint density at radius 1 is 1.33 bits per heavy atom. The number of halogens is 1. The molecule has 68 valence electrons. The second kappa shape index (κ2) is 2.77. The molecule has 0 saturated carbocycles. The van der Waals surface area contributed by atoms with Gasteiger partial charge in [0.1, 0.15) is 0 Å². The standard InChI is InChI=1S/C9H15ClN2/c1-6-7(10)8(9(2,3)4)12(5)11-6/h1-5H3. The Morgan fingerprint density at radius 3 is 2.00 bits per heavy atom. The Labute approximate surface area is 78.5 Å². The van der Waals surface area contributed by atoms with Crippen LogP contribution < -0.4 is 0 Å². The highest BCUT2D eigenvalue weighted by Crippen LogP contribution is 2.30. The predicted octanol–water partition coefficient (Wildman–Crippen LogP) is 2.68. The molecular weight excluding hydrogens is 172 g/mol. The molecule has 3 heteroatoms. The number of rotatable bonds is 0. The van der Waals surface area contributed by atoms with Gasteiger partial charge in [0, 0.05) is 12.5 Å². The maximum absolute atomic E-state index is 6.12. The van der Waals surface area contributed by atoms with E-state index in [1.165, 1.54) is 0 Å². The van der Waals surface area contributed by atoms with Crippen molar-refractivity contribution in [2.45, 2.75) is 33.1 Å². The van der Waals surface area contributed by atoms with Gasteiger partial charge in [-0.3, -0.25) is 4.68 Å². The van der Waals surface area contributed by atoms with Crippen molar-refractivity contribution < 1.29 is 0 Å². The summed E-state index contributed by atoms with van der Waals surface area (Å²) < 4.78 is 1.86. The fourth-order valence-electron chi connectivity index (χ4n) is 1.45. The van der Waals surface area contributed by atoms with Crippen LogP contribution in [0.3, 0.4) is 0 Å². The van der Waals surface area contributed by atoms with Gasteiger partial charge in [0.25, 0.3) is 0 Å². The summed E-state index contributed by atoms with van der Waals surface area (Å²) in [4.78, 5) is 0. The molecule has 0 aliphatic carbocycles. The molecule has 0 radical (unpaired) electrons. The van der Waals surface area contributed by atoms with Crippen LogP contribution in [0, 0.1) is 6.92 Å². The van der Waals surface area contributed by atoms with E-state index in [1.807, 2.05) is 18.7 Å². The Balaban J connectivity index is 3.32. The first-order valence-electron chi connectivity index (χ1n) is 4.03. The average molecular weight is 187 g/mol. The van der Waals surface area contributed by atoms with Gasteiger partial charge in [-0.2, -0.15) is 5.10 Å². The Bertz CT molecular complexity index is 294. The SMILES string of the molecule is Cc1nn(C)c(C(C)(C)C)c1Cl. The van der Waals surface area contributed by atoms with Crippen LogP contribution in [-0.2, 0) is 12.5 Å². The third-order valence-corrected chi connectivity index (χ3v) is 2.31. The van der Waals surface area contributed by atoms with Gasteiger partial charge in [-0.25, -0.2) is 0 Å². The maximum Gasteiger partial charge on any atom is 0.0852 e. The Kier molecular flexibility index (Phi) is 2.21. The number of aryl methyl sites for hydroxylation is 2. The van der Waals surface area contributed by atoms with Crippen molar-refractivity contribution in [2.24, 2.45) is 7.05 Å². The van der Waals surface area contributed by atoms with Crippen molar-refractivity contribution in [3.8, 4) is 0 Å². The molecule has 0 fully saturated rings.